The molecule has 10 heteroatoms. The SMILES string of the molecule is CC(/C=C/C(=O)N1CCC[C@H](COc2cccc3c2C(N)=NSN3)C1)=N/c1c(C)c(C)nn1C. The number of amides is 1. The highest BCUT2D eigenvalue weighted by Crippen LogP contribution is 2.32. The number of hydrogen-bond donors (Lipinski definition) is 2. The molecule has 1 aromatic carbocycles. The van der Waals surface area contributed by atoms with Gasteiger partial charge in [0.15, 0.2) is 5.82 Å². The van der Waals surface area contributed by atoms with Crippen LogP contribution in [0.3, 0.4) is 0 Å². The summed E-state index contributed by atoms with van der Waals surface area (Å²) in [5.74, 6) is 2.22. The van der Waals surface area contributed by atoms with Gasteiger partial charge in [0.1, 0.15) is 11.6 Å². The number of benzene rings is 1. The summed E-state index contributed by atoms with van der Waals surface area (Å²) in [6.07, 6.45) is 5.34. The summed E-state index contributed by atoms with van der Waals surface area (Å²) < 4.78 is 15.2. The zero-order valence-electron chi connectivity index (χ0n) is 20.0. The second-order valence-electron chi connectivity index (χ2n) is 8.70. The summed E-state index contributed by atoms with van der Waals surface area (Å²) in [5, 5.41) is 4.39. The number of fused-ring (bicyclic) bond motifs is 1. The molecule has 9 nitrogen and oxygen atoms in total. The van der Waals surface area contributed by atoms with E-state index in [-0.39, 0.29) is 11.8 Å². The second kappa shape index (κ2) is 10.3. The van der Waals surface area contributed by atoms with Crippen LogP contribution >= 0.6 is 12.1 Å². The topological polar surface area (TPSA) is 110 Å². The van der Waals surface area contributed by atoms with Crippen molar-refractivity contribution >= 4 is 41.1 Å². The van der Waals surface area contributed by atoms with Crippen LogP contribution in [0.5, 0.6) is 5.75 Å². The number of aliphatic imine (C=N–C) groups is 1. The van der Waals surface area contributed by atoms with Gasteiger partial charge in [-0.2, -0.15) is 9.50 Å². The fraction of sp³-hybridized carbons (Fsp3) is 0.417. The van der Waals surface area contributed by atoms with Crippen LogP contribution in [-0.2, 0) is 11.8 Å². The van der Waals surface area contributed by atoms with E-state index in [0.717, 1.165) is 53.4 Å². The number of carbonyl (C=O) groups excluding carboxylic acids is 1. The number of nitrogens with one attached hydrogen (secondary N) is 1. The van der Waals surface area contributed by atoms with E-state index in [2.05, 4.69) is 19.2 Å². The lowest BCUT2D eigenvalue weighted by atomic mass is 9.98. The van der Waals surface area contributed by atoms with Gasteiger partial charge < -0.3 is 20.1 Å². The van der Waals surface area contributed by atoms with E-state index >= 15 is 0 Å². The second-order valence-corrected chi connectivity index (χ2v) is 9.27. The molecule has 1 saturated heterocycles. The first-order valence-electron chi connectivity index (χ1n) is 11.4. The van der Waals surface area contributed by atoms with E-state index < -0.39 is 0 Å². The molecule has 1 atom stereocenters. The van der Waals surface area contributed by atoms with Crippen LogP contribution in [0.15, 0.2) is 39.7 Å². The van der Waals surface area contributed by atoms with Gasteiger partial charge in [-0.05, 0) is 51.8 Å². The van der Waals surface area contributed by atoms with Gasteiger partial charge in [0.05, 0.1) is 35.7 Å². The molecule has 180 valence electrons. The molecule has 0 spiro atoms. The first kappa shape index (κ1) is 23.9. The van der Waals surface area contributed by atoms with E-state index in [1.807, 2.05) is 50.9 Å². The Kier molecular flexibility index (Phi) is 7.26. The smallest absolute Gasteiger partial charge is 0.246 e. The highest BCUT2D eigenvalue weighted by molar-refractivity contribution is 7.99. The van der Waals surface area contributed by atoms with E-state index in [1.165, 1.54) is 12.1 Å². The van der Waals surface area contributed by atoms with Crippen molar-refractivity contribution in [2.24, 2.45) is 28.1 Å². The highest BCUT2D eigenvalue weighted by Gasteiger charge is 2.24. The molecule has 0 bridgehead atoms. The predicted molar refractivity (Wildman–Crippen MR) is 138 cm³/mol. The van der Waals surface area contributed by atoms with Gasteiger partial charge in [-0.25, -0.2) is 4.99 Å². The van der Waals surface area contributed by atoms with Crippen molar-refractivity contribution in [1.29, 1.82) is 0 Å². The van der Waals surface area contributed by atoms with E-state index in [9.17, 15) is 4.79 Å². The van der Waals surface area contributed by atoms with Crippen molar-refractivity contribution in [1.82, 2.24) is 14.7 Å². The van der Waals surface area contributed by atoms with Crippen molar-refractivity contribution in [3.8, 4) is 5.75 Å². The number of nitrogens with two attached hydrogens (primary N) is 1. The Morgan fingerprint density at radius 2 is 2.21 bits per heavy atom. The van der Waals surface area contributed by atoms with Crippen molar-refractivity contribution in [3.63, 3.8) is 0 Å². The Labute approximate surface area is 204 Å². The molecule has 4 rings (SSSR count). The lowest BCUT2D eigenvalue weighted by Gasteiger charge is -2.32. The molecule has 1 aromatic heterocycles. The quantitative estimate of drug-likeness (QED) is 0.370. The number of likely N-dealkylation sites (tertiary alicyclic amines) is 1. The van der Waals surface area contributed by atoms with Crippen LogP contribution in [0.1, 0.15) is 36.6 Å². The van der Waals surface area contributed by atoms with Crippen molar-refractivity contribution in [3.05, 3.63) is 47.2 Å². The molecule has 0 saturated carbocycles. The number of anilines is 1. The number of aryl methyl sites for hydroxylation is 2. The van der Waals surface area contributed by atoms with Gasteiger partial charge in [0.2, 0.25) is 5.91 Å². The largest absolute Gasteiger partial charge is 0.492 e. The van der Waals surface area contributed by atoms with Crippen LogP contribution in [0.2, 0.25) is 0 Å². The highest BCUT2D eigenvalue weighted by atomic mass is 32.2. The number of aromatic nitrogens is 2. The molecular weight excluding hydrogens is 450 g/mol. The fourth-order valence-corrected chi connectivity index (χ4v) is 4.69. The van der Waals surface area contributed by atoms with Gasteiger partial charge in [0.25, 0.3) is 0 Å². The third-order valence-corrected chi connectivity index (χ3v) is 6.72. The molecule has 3 N–H and O–H groups in total. The Hall–Kier alpha value is -3.27. The summed E-state index contributed by atoms with van der Waals surface area (Å²) in [6, 6.07) is 5.78. The number of nitrogens with zero attached hydrogens (tertiary/aromatic N) is 5. The summed E-state index contributed by atoms with van der Waals surface area (Å²) in [6.45, 7) is 7.78. The number of ether oxygens (including phenoxy) is 1. The maximum atomic E-state index is 12.8. The van der Waals surface area contributed by atoms with Crippen LogP contribution < -0.4 is 15.2 Å². The predicted octanol–water partition coefficient (Wildman–Crippen LogP) is 3.70. The van der Waals surface area contributed by atoms with Gasteiger partial charge in [0, 0.05) is 43.4 Å². The summed E-state index contributed by atoms with van der Waals surface area (Å²) in [7, 11) is 1.87. The third kappa shape index (κ3) is 5.27. The minimum atomic E-state index is -0.00754. The number of piperidine rings is 1. The normalized spacial score (nSPS) is 18.5. The molecule has 0 radical (unpaired) electrons. The fourth-order valence-electron chi connectivity index (χ4n) is 4.19. The first-order valence-corrected chi connectivity index (χ1v) is 12.1. The van der Waals surface area contributed by atoms with E-state index in [1.54, 1.807) is 16.8 Å². The zero-order valence-corrected chi connectivity index (χ0v) is 20.9. The van der Waals surface area contributed by atoms with Gasteiger partial charge >= 0.3 is 0 Å². The molecule has 2 aliphatic heterocycles. The number of carbonyl (C=O) groups is 1. The Morgan fingerprint density at radius 1 is 1.38 bits per heavy atom. The standard InChI is InChI=1S/C24H31N7O2S/c1-15(26-24-16(2)17(3)27-30(24)4)10-11-21(32)31-12-6-7-18(13-31)14-33-20-9-5-8-19-22(20)23(25)29-34-28-19/h5,8-11,18,28H,6-7,12-14H2,1-4H3,(H2,25,29)/b11-10+,26-15-/t18-/m0/s1. The van der Waals surface area contributed by atoms with Crippen LogP contribution in [0.4, 0.5) is 11.5 Å². The molecule has 0 aliphatic carbocycles. The van der Waals surface area contributed by atoms with Crippen molar-refractivity contribution < 1.29 is 9.53 Å². The number of amidine groups is 1. The van der Waals surface area contributed by atoms with Crippen LogP contribution in [0, 0.1) is 19.8 Å². The maximum Gasteiger partial charge on any atom is 0.246 e. The summed E-state index contributed by atoms with van der Waals surface area (Å²) in [5.41, 5.74) is 10.5. The molecule has 2 aromatic rings. The molecule has 0 unspecified atom stereocenters. The van der Waals surface area contributed by atoms with E-state index in [4.69, 9.17) is 10.5 Å². The molecule has 34 heavy (non-hydrogen) atoms. The Balaban J connectivity index is 1.35. The van der Waals surface area contributed by atoms with Crippen molar-refractivity contribution in [2.75, 3.05) is 24.4 Å². The summed E-state index contributed by atoms with van der Waals surface area (Å²) >= 11 is 1.21. The lowest BCUT2D eigenvalue weighted by molar-refractivity contribution is -0.128. The minimum Gasteiger partial charge on any atom is -0.492 e. The lowest BCUT2D eigenvalue weighted by Crippen LogP contribution is -2.41. The van der Waals surface area contributed by atoms with Crippen molar-refractivity contribution in [2.45, 2.75) is 33.6 Å². The van der Waals surface area contributed by atoms with Gasteiger partial charge in [-0.15, -0.1) is 0 Å². The zero-order chi connectivity index (χ0) is 24.2. The van der Waals surface area contributed by atoms with Gasteiger partial charge in [-0.3, -0.25) is 9.48 Å². The minimum absolute atomic E-state index is 0.00754. The average molecular weight is 482 g/mol. The average Bonchev–Trinajstić information content (AvgIpc) is 3.07. The molecular formula is C24H31N7O2S. The molecule has 3 heterocycles. The third-order valence-electron chi connectivity index (χ3n) is 6.12. The van der Waals surface area contributed by atoms with E-state index in [0.29, 0.717) is 24.7 Å². The molecule has 2 aliphatic rings. The van der Waals surface area contributed by atoms with Gasteiger partial charge in [-0.1, -0.05) is 6.07 Å². The number of rotatable bonds is 6. The Bertz CT molecular complexity index is 1170. The first-order chi connectivity index (χ1) is 16.3. The van der Waals surface area contributed by atoms with Crippen LogP contribution in [-0.4, -0.2) is 51.8 Å². The Morgan fingerprint density at radius 3 is 2.97 bits per heavy atom. The number of hydrogen-bond acceptors (Lipinski definition) is 8. The number of allylic oxidation sites excluding steroid dienone is 1. The summed E-state index contributed by atoms with van der Waals surface area (Å²) in [4.78, 5) is 19.3. The van der Waals surface area contributed by atoms with Crippen LogP contribution in [0.25, 0.3) is 0 Å². The molecule has 1 amide bonds. The monoisotopic (exact) mass is 481 g/mol. The molecule has 1 fully saturated rings. The maximum absolute atomic E-state index is 12.8.